The van der Waals surface area contributed by atoms with E-state index in [2.05, 4.69) is 6.58 Å². The lowest BCUT2D eigenvalue weighted by Crippen LogP contribution is -2.40. The lowest BCUT2D eigenvalue weighted by Gasteiger charge is -2.20. The molecule has 0 bridgehead atoms. The molecule has 0 aliphatic rings. The average molecular weight is 225 g/mol. The van der Waals surface area contributed by atoms with Gasteiger partial charge in [-0.1, -0.05) is 6.08 Å². The van der Waals surface area contributed by atoms with E-state index in [1.165, 1.54) is 6.08 Å². The minimum atomic E-state index is -1.92. The number of hydrogen-bond donors (Lipinski definition) is 0. The highest BCUT2D eigenvalue weighted by Gasteiger charge is 2.48. The minimum absolute atomic E-state index is 0.0960. The molecule has 0 rings (SSSR count). The summed E-state index contributed by atoms with van der Waals surface area (Å²) < 4.78 is 9.42. The zero-order valence-corrected chi connectivity index (χ0v) is 9.49. The number of hydrogen-bond acceptors (Lipinski definition) is 5. The van der Waals surface area contributed by atoms with Crippen molar-refractivity contribution in [2.45, 2.75) is 20.3 Å². The Morgan fingerprint density at radius 3 is 2.00 bits per heavy atom. The van der Waals surface area contributed by atoms with E-state index in [9.17, 15) is 9.59 Å². The molecule has 0 aromatic heterocycles. The molecule has 0 aromatic rings. The van der Waals surface area contributed by atoms with Gasteiger partial charge in [0, 0.05) is 6.42 Å². The van der Waals surface area contributed by atoms with E-state index in [-0.39, 0.29) is 19.6 Å². The first-order valence-corrected chi connectivity index (χ1v) is 4.95. The van der Waals surface area contributed by atoms with Gasteiger partial charge in [0.2, 0.25) is 0 Å². The van der Waals surface area contributed by atoms with Crippen LogP contribution in [0.3, 0.4) is 0 Å². The predicted octanol–water partition coefficient (Wildman–Crippen LogP) is 1.20. The molecule has 0 aliphatic heterocycles. The summed E-state index contributed by atoms with van der Waals surface area (Å²) in [6.45, 7) is 6.80. The number of esters is 2. The first-order valence-electron chi connectivity index (χ1n) is 4.95. The van der Waals surface area contributed by atoms with Crippen LogP contribution in [0.1, 0.15) is 20.3 Å². The SMILES string of the molecule is C=CCC(C#N)(C(=O)OCC)C(=O)OCC. The van der Waals surface area contributed by atoms with E-state index in [4.69, 9.17) is 14.7 Å². The average Bonchev–Trinajstić information content (AvgIpc) is 2.26. The molecule has 0 aromatic carbocycles. The summed E-state index contributed by atoms with van der Waals surface area (Å²) >= 11 is 0. The third-order valence-electron chi connectivity index (χ3n) is 1.89. The molecule has 0 N–H and O–H groups in total. The Morgan fingerprint density at radius 2 is 1.75 bits per heavy atom. The third-order valence-corrected chi connectivity index (χ3v) is 1.89. The zero-order chi connectivity index (χ0) is 12.6. The molecular formula is C11H15NO4. The monoisotopic (exact) mass is 225 g/mol. The molecule has 0 atom stereocenters. The summed E-state index contributed by atoms with van der Waals surface area (Å²) in [7, 11) is 0. The van der Waals surface area contributed by atoms with Crippen molar-refractivity contribution in [3.63, 3.8) is 0 Å². The van der Waals surface area contributed by atoms with Crippen molar-refractivity contribution in [2.24, 2.45) is 5.41 Å². The molecule has 0 radical (unpaired) electrons. The molecular weight excluding hydrogens is 210 g/mol. The van der Waals surface area contributed by atoms with Crippen LogP contribution < -0.4 is 0 Å². The largest absolute Gasteiger partial charge is 0.464 e. The maximum atomic E-state index is 11.6. The third kappa shape index (κ3) is 2.83. The van der Waals surface area contributed by atoms with Gasteiger partial charge < -0.3 is 9.47 Å². The van der Waals surface area contributed by atoms with Gasteiger partial charge in [0.15, 0.2) is 0 Å². The number of rotatable bonds is 6. The van der Waals surface area contributed by atoms with Crippen LogP contribution in [0.5, 0.6) is 0 Å². The predicted molar refractivity (Wildman–Crippen MR) is 56.1 cm³/mol. The lowest BCUT2D eigenvalue weighted by molar-refractivity contribution is -0.167. The first-order chi connectivity index (χ1) is 7.58. The van der Waals surface area contributed by atoms with E-state index >= 15 is 0 Å². The van der Waals surface area contributed by atoms with Crippen LogP contribution in [-0.2, 0) is 19.1 Å². The van der Waals surface area contributed by atoms with Crippen LogP contribution in [0.4, 0.5) is 0 Å². The fraction of sp³-hybridized carbons (Fsp3) is 0.545. The number of carbonyl (C=O) groups is 2. The Kier molecular flexibility index (Phi) is 5.86. The van der Waals surface area contributed by atoms with Crippen molar-refractivity contribution in [1.82, 2.24) is 0 Å². The van der Waals surface area contributed by atoms with Crippen molar-refractivity contribution in [1.29, 1.82) is 5.26 Å². The number of nitrogens with zero attached hydrogens (tertiary/aromatic N) is 1. The molecule has 5 heteroatoms. The molecule has 0 saturated carbocycles. The number of carbonyl (C=O) groups excluding carboxylic acids is 2. The van der Waals surface area contributed by atoms with Gasteiger partial charge in [-0.25, -0.2) is 9.59 Å². The summed E-state index contributed by atoms with van der Waals surface area (Å²) in [5, 5.41) is 9.00. The van der Waals surface area contributed by atoms with Gasteiger partial charge in [-0.05, 0) is 13.8 Å². The topological polar surface area (TPSA) is 76.4 Å². The molecule has 0 saturated heterocycles. The normalized spacial score (nSPS) is 10.1. The van der Waals surface area contributed by atoms with E-state index in [0.29, 0.717) is 0 Å². The number of nitriles is 1. The second-order valence-electron chi connectivity index (χ2n) is 2.95. The van der Waals surface area contributed by atoms with Gasteiger partial charge in [-0.2, -0.15) is 5.26 Å². The van der Waals surface area contributed by atoms with E-state index in [1.807, 2.05) is 0 Å². The molecule has 0 aliphatic carbocycles. The van der Waals surface area contributed by atoms with Crippen molar-refractivity contribution in [3.8, 4) is 6.07 Å². The van der Waals surface area contributed by atoms with Crippen LogP contribution in [0.15, 0.2) is 12.7 Å². The molecule has 5 nitrogen and oxygen atoms in total. The van der Waals surface area contributed by atoms with Crippen LogP contribution in [0, 0.1) is 16.7 Å². The molecule has 0 amide bonds. The standard InChI is InChI=1S/C11H15NO4/c1-4-7-11(8-12,9(13)15-5-2)10(14)16-6-3/h4H,1,5-7H2,2-3H3. The van der Waals surface area contributed by atoms with Crippen LogP contribution >= 0.6 is 0 Å². The number of ether oxygens (including phenoxy) is 2. The molecule has 0 spiro atoms. The summed E-state index contributed by atoms with van der Waals surface area (Å²) in [6, 6.07) is 1.67. The van der Waals surface area contributed by atoms with Crippen molar-refractivity contribution in [3.05, 3.63) is 12.7 Å². The van der Waals surface area contributed by atoms with Crippen LogP contribution in [0.25, 0.3) is 0 Å². The number of allylic oxidation sites excluding steroid dienone is 1. The highest BCUT2D eigenvalue weighted by atomic mass is 16.6. The maximum absolute atomic E-state index is 11.6. The fourth-order valence-electron chi connectivity index (χ4n) is 1.11. The maximum Gasteiger partial charge on any atom is 0.338 e. The second-order valence-corrected chi connectivity index (χ2v) is 2.95. The quantitative estimate of drug-likeness (QED) is 0.385. The van der Waals surface area contributed by atoms with Gasteiger partial charge in [-0.15, -0.1) is 6.58 Å². The van der Waals surface area contributed by atoms with Gasteiger partial charge in [0.25, 0.3) is 5.41 Å². The van der Waals surface area contributed by atoms with Crippen LogP contribution in [-0.4, -0.2) is 25.2 Å². The van der Waals surface area contributed by atoms with Gasteiger partial charge in [0.1, 0.15) is 0 Å². The zero-order valence-electron chi connectivity index (χ0n) is 9.49. The minimum Gasteiger partial charge on any atom is -0.464 e. The summed E-state index contributed by atoms with van der Waals surface area (Å²) in [5.74, 6) is -1.79. The Labute approximate surface area is 94.6 Å². The van der Waals surface area contributed by atoms with Crippen molar-refractivity contribution in [2.75, 3.05) is 13.2 Å². The molecule has 16 heavy (non-hydrogen) atoms. The second kappa shape index (κ2) is 6.62. The highest BCUT2D eigenvalue weighted by Crippen LogP contribution is 2.26. The summed E-state index contributed by atoms with van der Waals surface area (Å²) in [6.07, 6.45) is 1.19. The summed E-state index contributed by atoms with van der Waals surface area (Å²) in [5.41, 5.74) is -1.92. The fourth-order valence-corrected chi connectivity index (χ4v) is 1.11. The van der Waals surface area contributed by atoms with Crippen molar-refractivity contribution < 1.29 is 19.1 Å². The molecule has 0 fully saturated rings. The molecule has 0 heterocycles. The highest BCUT2D eigenvalue weighted by molar-refractivity contribution is 6.03. The Morgan fingerprint density at radius 1 is 1.31 bits per heavy atom. The Hall–Kier alpha value is -1.83. The van der Waals surface area contributed by atoms with Gasteiger partial charge in [0.05, 0.1) is 19.3 Å². The van der Waals surface area contributed by atoms with Gasteiger partial charge >= 0.3 is 11.9 Å². The van der Waals surface area contributed by atoms with E-state index in [0.717, 1.165) is 0 Å². The first kappa shape index (κ1) is 14.2. The van der Waals surface area contributed by atoms with Gasteiger partial charge in [-0.3, -0.25) is 0 Å². The van der Waals surface area contributed by atoms with E-state index < -0.39 is 17.4 Å². The van der Waals surface area contributed by atoms with Crippen LogP contribution in [0.2, 0.25) is 0 Å². The molecule has 0 unspecified atom stereocenters. The smallest absolute Gasteiger partial charge is 0.338 e. The van der Waals surface area contributed by atoms with E-state index in [1.54, 1.807) is 19.9 Å². The Balaban J connectivity index is 5.15. The van der Waals surface area contributed by atoms with Crippen molar-refractivity contribution >= 4 is 11.9 Å². The molecule has 88 valence electrons. The lowest BCUT2D eigenvalue weighted by atomic mass is 9.86. The summed E-state index contributed by atoms with van der Waals surface area (Å²) in [4.78, 5) is 23.2. The Bertz CT molecular complexity index is 298.